The number of morpholine rings is 1. The van der Waals surface area contributed by atoms with Crippen molar-refractivity contribution in [3.8, 4) is 5.69 Å². The van der Waals surface area contributed by atoms with Gasteiger partial charge < -0.3 is 9.64 Å². The highest BCUT2D eigenvalue weighted by Crippen LogP contribution is 2.26. The number of amides is 1. The van der Waals surface area contributed by atoms with Crippen LogP contribution < -0.4 is 0 Å². The van der Waals surface area contributed by atoms with Crippen LogP contribution in [0.5, 0.6) is 0 Å². The first-order chi connectivity index (χ1) is 11.8. The summed E-state index contributed by atoms with van der Waals surface area (Å²) in [4.78, 5) is 18.9. The van der Waals surface area contributed by atoms with Crippen molar-refractivity contribution >= 4 is 17.4 Å². The lowest BCUT2D eigenvalue weighted by molar-refractivity contribution is -0.00603. The molecule has 0 aliphatic carbocycles. The molecule has 8 heteroatoms. The highest BCUT2D eigenvalue weighted by atomic mass is 32.1. The number of hydrogen-bond donors (Lipinski definition) is 0. The fourth-order valence-electron chi connectivity index (χ4n) is 2.78. The predicted octanol–water partition coefficient (Wildman–Crippen LogP) is 1.94. The molecule has 1 aromatic carbocycles. The number of aromatic nitrogens is 4. The van der Waals surface area contributed by atoms with E-state index in [1.165, 1.54) is 17.9 Å². The van der Waals surface area contributed by atoms with Crippen molar-refractivity contribution in [3.63, 3.8) is 0 Å². The molecule has 3 aromatic rings. The van der Waals surface area contributed by atoms with Crippen LogP contribution in [0.25, 0.3) is 5.69 Å². The molecule has 0 radical (unpaired) electrons. The average Bonchev–Trinajstić information content (AvgIpc) is 3.33. The molecular formula is C16H15N5O2S. The van der Waals surface area contributed by atoms with Crippen LogP contribution in [-0.2, 0) is 4.74 Å². The lowest BCUT2D eigenvalue weighted by atomic mass is 10.2. The molecule has 1 fully saturated rings. The standard InChI is InChI=1S/C16H15N5O2S/c22-16(13-6-9-24-19-13)20-7-8-23-10-14(20)15-17-11-18-21(15)12-4-2-1-3-5-12/h1-6,9,11,14H,7-8,10H2. The van der Waals surface area contributed by atoms with Gasteiger partial charge in [0.05, 0.1) is 18.9 Å². The quantitative estimate of drug-likeness (QED) is 0.728. The second-order valence-corrected chi connectivity index (χ2v) is 6.01. The summed E-state index contributed by atoms with van der Waals surface area (Å²) >= 11 is 1.27. The van der Waals surface area contributed by atoms with Gasteiger partial charge in [-0.1, -0.05) is 18.2 Å². The molecule has 0 N–H and O–H groups in total. The molecular weight excluding hydrogens is 326 g/mol. The Balaban J connectivity index is 1.70. The number of carbonyl (C=O) groups excluding carboxylic acids is 1. The summed E-state index contributed by atoms with van der Waals surface area (Å²) in [5.74, 6) is 0.580. The summed E-state index contributed by atoms with van der Waals surface area (Å²) in [5, 5.41) is 6.12. The summed E-state index contributed by atoms with van der Waals surface area (Å²) in [6.07, 6.45) is 1.50. The van der Waals surface area contributed by atoms with Gasteiger partial charge >= 0.3 is 0 Å². The minimum absolute atomic E-state index is 0.104. The molecule has 4 rings (SSSR count). The first-order valence-electron chi connectivity index (χ1n) is 7.59. The second-order valence-electron chi connectivity index (χ2n) is 5.34. The highest BCUT2D eigenvalue weighted by molar-refractivity contribution is 7.03. The summed E-state index contributed by atoms with van der Waals surface area (Å²) < 4.78 is 11.5. The van der Waals surface area contributed by atoms with Gasteiger partial charge in [0.2, 0.25) is 0 Å². The van der Waals surface area contributed by atoms with Gasteiger partial charge in [-0.05, 0) is 29.7 Å². The van der Waals surface area contributed by atoms with Crippen molar-refractivity contribution in [1.82, 2.24) is 24.0 Å². The Bertz CT molecular complexity index is 818. The summed E-state index contributed by atoms with van der Waals surface area (Å²) in [6, 6.07) is 11.2. The van der Waals surface area contributed by atoms with Gasteiger partial charge in [0.1, 0.15) is 18.1 Å². The molecule has 0 bridgehead atoms. The van der Waals surface area contributed by atoms with Crippen LogP contribution in [0.2, 0.25) is 0 Å². The minimum Gasteiger partial charge on any atom is -0.377 e. The van der Waals surface area contributed by atoms with E-state index in [4.69, 9.17) is 4.74 Å². The van der Waals surface area contributed by atoms with Crippen LogP contribution in [0.1, 0.15) is 22.4 Å². The van der Waals surface area contributed by atoms with Crippen LogP contribution in [0.3, 0.4) is 0 Å². The van der Waals surface area contributed by atoms with E-state index in [9.17, 15) is 4.79 Å². The summed E-state index contributed by atoms with van der Waals surface area (Å²) in [5.41, 5.74) is 1.36. The average molecular weight is 341 g/mol. The molecule has 1 atom stereocenters. The Morgan fingerprint density at radius 2 is 2.12 bits per heavy atom. The largest absolute Gasteiger partial charge is 0.377 e. The molecule has 2 aromatic heterocycles. The molecule has 7 nitrogen and oxygen atoms in total. The van der Waals surface area contributed by atoms with Gasteiger partial charge in [0.15, 0.2) is 5.82 Å². The number of para-hydroxylation sites is 1. The zero-order valence-electron chi connectivity index (χ0n) is 12.8. The Morgan fingerprint density at radius 3 is 2.92 bits per heavy atom. The summed E-state index contributed by atoms with van der Waals surface area (Å²) in [6.45, 7) is 1.40. The third kappa shape index (κ3) is 2.70. The van der Waals surface area contributed by atoms with Crippen molar-refractivity contribution in [2.75, 3.05) is 19.8 Å². The van der Waals surface area contributed by atoms with Crippen molar-refractivity contribution in [2.45, 2.75) is 6.04 Å². The summed E-state index contributed by atoms with van der Waals surface area (Å²) in [7, 11) is 0. The topological polar surface area (TPSA) is 73.1 Å². The lowest BCUT2D eigenvalue weighted by Gasteiger charge is -2.34. The number of ether oxygens (including phenoxy) is 1. The van der Waals surface area contributed by atoms with Crippen LogP contribution in [0.4, 0.5) is 0 Å². The van der Waals surface area contributed by atoms with Gasteiger partial charge in [-0.15, -0.1) is 0 Å². The Morgan fingerprint density at radius 1 is 1.25 bits per heavy atom. The fourth-order valence-corrected chi connectivity index (χ4v) is 3.28. The van der Waals surface area contributed by atoms with Crippen molar-refractivity contribution in [1.29, 1.82) is 0 Å². The van der Waals surface area contributed by atoms with Crippen LogP contribution in [0.15, 0.2) is 48.1 Å². The molecule has 1 unspecified atom stereocenters. The van der Waals surface area contributed by atoms with E-state index in [-0.39, 0.29) is 11.9 Å². The van der Waals surface area contributed by atoms with Gasteiger partial charge in [-0.3, -0.25) is 4.79 Å². The zero-order chi connectivity index (χ0) is 16.4. The molecule has 0 saturated carbocycles. The number of nitrogens with zero attached hydrogens (tertiary/aromatic N) is 5. The van der Waals surface area contributed by atoms with Gasteiger partial charge in [-0.25, -0.2) is 9.67 Å². The number of rotatable bonds is 3. The van der Waals surface area contributed by atoms with E-state index in [0.717, 1.165) is 5.69 Å². The SMILES string of the molecule is O=C(c1ccsn1)N1CCOCC1c1ncnn1-c1ccccc1. The van der Waals surface area contributed by atoms with E-state index >= 15 is 0 Å². The monoisotopic (exact) mass is 341 g/mol. The normalized spacial score (nSPS) is 17.8. The van der Waals surface area contributed by atoms with E-state index < -0.39 is 0 Å². The maximum atomic E-state index is 12.8. The van der Waals surface area contributed by atoms with Crippen molar-refractivity contribution in [2.24, 2.45) is 0 Å². The van der Waals surface area contributed by atoms with Crippen LogP contribution >= 0.6 is 11.5 Å². The van der Waals surface area contributed by atoms with E-state index in [1.54, 1.807) is 21.0 Å². The smallest absolute Gasteiger partial charge is 0.274 e. The lowest BCUT2D eigenvalue weighted by Crippen LogP contribution is -2.44. The molecule has 3 heterocycles. The molecule has 24 heavy (non-hydrogen) atoms. The Hall–Kier alpha value is -2.58. The van der Waals surface area contributed by atoms with Gasteiger partial charge in [-0.2, -0.15) is 9.47 Å². The maximum Gasteiger partial charge on any atom is 0.274 e. The van der Waals surface area contributed by atoms with Crippen molar-refractivity contribution < 1.29 is 9.53 Å². The third-order valence-corrected chi connectivity index (χ3v) is 4.48. The maximum absolute atomic E-state index is 12.8. The first-order valence-corrected chi connectivity index (χ1v) is 8.42. The predicted molar refractivity (Wildman–Crippen MR) is 88.1 cm³/mol. The number of hydrogen-bond acceptors (Lipinski definition) is 6. The molecule has 1 amide bonds. The van der Waals surface area contributed by atoms with Crippen LogP contribution in [0, 0.1) is 0 Å². The molecule has 1 aliphatic rings. The Labute approximate surface area is 142 Å². The first kappa shape index (κ1) is 15.0. The van der Waals surface area contributed by atoms with Crippen LogP contribution in [-0.4, -0.2) is 49.7 Å². The minimum atomic E-state index is -0.296. The van der Waals surface area contributed by atoms with Gasteiger partial charge in [0, 0.05) is 11.9 Å². The zero-order valence-corrected chi connectivity index (χ0v) is 13.6. The van der Waals surface area contributed by atoms with Gasteiger partial charge in [0.25, 0.3) is 5.91 Å². The number of carbonyl (C=O) groups is 1. The van der Waals surface area contributed by atoms with E-state index in [1.807, 2.05) is 30.3 Å². The third-order valence-electron chi connectivity index (χ3n) is 3.92. The molecule has 1 saturated heterocycles. The van der Waals surface area contributed by atoms with E-state index in [0.29, 0.717) is 31.3 Å². The highest BCUT2D eigenvalue weighted by Gasteiger charge is 2.33. The van der Waals surface area contributed by atoms with Crippen molar-refractivity contribution in [3.05, 3.63) is 59.6 Å². The van der Waals surface area contributed by atoms with E-state index in [2.05, 4.69) is 14.5 Å². The molecule has 0 spiro atoms. The Kier molecular flexibility index (Phi) is 4.06. The molecule has 122 valence electrons. The second kappa shape index (κ2) is 6.50. The fraction of sp³-hybridized carbons (Fsp3) is 0.250. The number of benzene rings is 1. The molecule has 1 aliphatic heterocycles.